The van der Waals surface area contributed by atoms with E-state index in [9.17, 15) is 14.4 Å². The second-order valence-corrected chi connectivity index (χ2v) is 4.70. The largest absolute Gasteiger partial charge is 0.350 e. The molecule has 0 aliphatic rings. The lowest BCUT2D eigenvalue weighted by Crippen LogP contribution is -2.26. The van der Waals surface area contributed by atoms with Crippen LogP contribution in [0.25, 0.3) is 21.8 Å². The van der Waals surface area contributed by atoms with Crippen molar-refractivity contribution in [1.82, 2.24) is 15.2 Å². The van der Waals surface area contributed by atoms with Gasteiger partial charge in [-0.05, 0) is 18.1 Å². The average molecular weight is 271 g/mol. The minimum Gasteiger partial charge on any atom is -0.350 e. The topological polar surface area (TPSA) is 98.6 Å². The van der Waals surface area contributed by atoms with E-state index in [1.165, 1.54) is 0 Å². The highest BCUT2D eigenvalue weighted by Gasteiger charge is 2.13. The van der Waals surface area contributed by atoms with Crippen molar-refractivity contribution in [2.24, 2.45) is 0 Å². The molecule has 0 saturated carbocycles. The summed E-state index contributed by atoms with van der Waals surface area (Å²) in [5, 5.41) is 4.76. The van der Waals surface area contributed by atoms with E-state index in [2.05, 4.69) is 15.2 Å². The smallest absolute Gasteiger partial charge is 0.287 e. The van der Waals surface area contributed by atoms with Crippen LogP contribution in [0.5, 0.6) is 0 Å². The fraction of sp³-hybridized carbons (Fsp3) is 0.214. The van der Waals surface area contributed by atoms with Gasteiger partial charge in [0.1, 0.15) is 10.9 Å². The lowest BCUT2D eigenvalue weighted by molar-refractivity contribution is 0.928. The molecule has 3 N–H and O–H groups in total. The molecule has 3 rings (SSSR count). The molecule has 2 heterocycles. The first-order valence-corrected chi connectivity index (χ1v) is 6.42. The van der Waals surface area contributed by atoms with E-state index in [1.807, 2.05) is 19.1 Å². The number of aromatic amines is 3. The van der Waals surface area contributed by atoms with Gasteiger partial charge in [-0.1, -0.05) is 25.5 Å². The summed E-state index contributed by atoms with van der Waals surface area (Å²) in [5.74, 6) is 0. The van der Waals surface area contributed by atoms with Crippen molar-refractivity contribution in [2.75, 3.05) is 0 Å². The van der Waals surface area contributed by atoms with Crippen molar-refractivity contribution >= 4 is 21.8 Å². The Morgan fingerprint density at radius 3 is 2.50 bits per heavy atom. The summed E-state index contributed by atoms with van der Waals surface area (Å²) in [6, 6.07) is 5.43. The SMILES string of the molecule is CCCc1cccc2[nH]c3c(=O)[nH][nH]c(=O)c3c(=O)c12. The third-order valence-electron chi connectivity index (χ3n) is 3.38. The normalized spacial score (nSPS) is 11.2. The molecule has 0 bridgehead atoms. The highest BCUT2D eigenvalue weighted by molar-refractivity contribution is 5.93. The number of nitrogens with one attached hydrogen (secondary N) is 3. The first-order chi connectivity index (χ1) is 9.63. The van der Waals surface area contributed by atoms with E-state index in [4.69, 9.17) is 0 Å². The van der Waals surface area contributed by atoms with Crippen molar-refractivity contribution in [3.05, 3.63) is 54.7 Å². The summed E-state index contributed by atoms with van der Waals surface area (Å²) < 4.78 is 0. The Bertz CT molecular complexity index is 979. The van der Waals surface area contributed by atoms with Crippen molar-refractivity contribution in [2.45, 2.75) is 19.8 Å². The van der Waals surface area contributed by atoms with Gasteiger partial charge in [-0.15, -0.1) is 0 Å². The molecular formula is C14H13N3O3. The monoisotopic (exact) mass is 271 g/mol. The van der Waals surface area contributed by atoms with Crippen LogP contribution in [0.1, 0.15) is 18.9 Å². The highest BCUT2D eigenvalue weighted by atomic mass is 16.2. The van der Waals surface area contributed by atoms with E-state index in [0.29, 0.717) is 10.9 Å². The molecule has 0 radical (unpaired) electrons. The molecule has 0 spiro atoms. The van der Waals surface area contributed by atoms with E-state index in [1.54, 1.807) is 6.07 Å². The molecule has 6 heteroatoms. The Morgan fingerprint density at radius 1 is 1.00 bits per heavy atom. The maximum absolute atomic E-state index is 12.6. The van der Waals surface area contributed by atoms with Gasteiger partial charge in [-0.2, -0.15) is 0 Å². The third kappa shape index (κ3) is 1.69. The van der Waals surface area contributed by atoms with Crippen LogP contribution >= 0.6 is 0 Å². The van der Waals surface area contributed by atoms with Crippen LogP contribution in [0.3, 0.4) is 0 Å². The minimum atomic E-state index is -0.589. The summed E-state index contributed by atoms with van der Waals surface area (Å²) in [7, 11) is 0. The first kappa shape index (κ1) is 12.4. The number of rotatable bonds is 2. The van der Waals surface area contributed by atoms with E-state index >= 15 is 0 Å². The van der Waals surface area contributed by atoms with Gasteiger partial charge in [0.15, 0.2) is 0 Å². The molecule has 0 atom stereocenters. The lowest BCUT2D eigenvalue weighted by Gasteiger charge is -2.06. The summed E-state index contributed by atoms with van der Waals surface area (Å²) >= 11 is 0. The van der Waals surface area contributed by atoms with Crippen LogP contribution in [0, 0.1) is 0 Å². The number of pyridine rings is 1. The number of hydrogen-bond donors (Lipinski definition) is 3. The molecule has 2 aromatic heterocycles. The Labute approximate surface area is 112 Å². The Morgan fingerprint density at radius 2 is 1.75 bits per heavy atom. The van der Waals surface area contributed by atoms with Gasteiger partial charge < -0.3 is 4.98 Å². The maximum atomic E-state index is 12.6. The van der Waals surface area contributed by atoms with Gasteiger partial charge in [0.2, 0.25) is 5.43 Å². The average Bonchev–Trinajstić information content (AvgIpc) is 2.43. The van der Waals surface area contributed by atoms with Crippen LogP contribution in [0.2, 0.25) is 0 Å². The number of H-pyrrole nitrogens is 3. The molecule has 6 nitrogen and oxygen atoms in total. The van der Waals surface area contributed by atoms with Gasteiger partial charge in [-0.3, -0.25) is 24.6 Å². The molecule has 0 saturated heterocycles. The Balaban J connectivity index is 2.63. The fourth-order valence-electron chi connectivity index (χ4n) is 2.51. The predicted octanol–water partition coefficient (Wildman–Crippen LogP) is 1.01. The zero-order valence-corrected chi connectivity index (χ0v) is 10.9. The number of fused-ring (bicyclic) bond motifs is 2. The Kier molecular flexibility index (Phi) is 2.78. The van der Waals surface area contributed by atoms with Crippen molar-refractivity contribution in [3.8, 4) is 0 Å². The lowest BCUT2D eigenvalue weighted by atomic mass is 10.0. The van der Waals surface area contributed by atoms with E-state index in [0.717, 1.165) is 18.4 Å². The summed E-state index contributed by atoms with van der Waals surface area (Å²) in [6.45, 7) is 2.02. The summed E-state index contributed by atoms with van der Waals surface area (Å²) in [4.78, 5) is 39.0. The standard InChI is InChI=1S/C14H13N3O3/c1-2-4-7-5-3-6-8-9(7)12(18)10-11(15-8)14(20)17-16-13(10)19/h3,5-6H,2,4H2,1H3,(H,15,18)(H,16,19)(H,17,20). The van der Waals surface area contributed by atoms with Gasteiger partial charge in [0.25, 0.3) is 11.1 Å². The molecule has 0 unspecified atom stereocenters. The number of benzene rings is 1. The molecule has 102 valence electrons. The molecule has 3 aromatic rings. The van der Waals surface area contributed by atoms with Crippen molar-refractivity contribution in [1.29, 1.82) is 0 Å². The Hall–Kier alpha value is -2.63. The van der Waals surface area contributed by atoms with Crippen LogP contribution in [0.4, 0.5) is 0 Å². The van der Waals surface area contributed by atoms with Gasteiger partial charge in [0.05, 0.1) is 5.52 Å². The number of hydrogen-bond acceptors (Lipinski definition) is 3. The molecule has 0 amide bonds. The van der Waals surface area contributed by atoms with Crippen LogP contribution in [0.15, 0.2) is 32.6 Å². The number of aryl methyl sites for hydroxylation is 1. The van der Waals surface area contributed by atoms with Crippen molar-refractivity contribution in [3.63, 3.8) is 0 Å². The second kappa shape index (κ2) is 4.48. The molecule has 0 aliphatic carbocycles. The zero-order chi connectivity index (χ0) is 14.3. The van der Waals surface area contributed by atoms with E-state index in [-0.39, 0.29) is 10.9 Å². The van der Waals surface area contributed by atoms with Crippen molar-refractivity contribution < 1.29 is 0 Å². The molecule has 20 heavy (non-hydrogen) atoms. The third-order valence-corrected chi connectivity index (χ3v) is 3.38. The first-order valence-electron chi connectivity index (χ1n) is 6.42. The van der Waals surface area contributed by atoms with Crippen LogP contribution < -0.4 is 16.5 Å². The van der Waals surface area contributed by atoms with Crippen LogP contribution in [-0.4, -0.2) is 15.2 Å². The van der Waals surface area contributed by atoms with Gasteiger partial charge in [-0.25, -0.2) is 0 Å². The second-order valence-electron chi connectivity index (χ2n) is 4.70. The molecule has 0 fully saturated rings. The molecule has 0 aliphatic heterocycles. The van der Waals surface area contributed by atoms with Gasteiger partial charge in [0, 0.05) is 5.39 Å². The maximum Gasteiger partial charge on any atom is 0.287 e. The van der Waals surface area contributed by atoms with E-state index < -0.39 is 16.5 Å². The summed E-state index contributed by atoms with van der Waals surface area (Å²) in [6.07, 6.45) is 1.63. The molecular weight excluding hydrogens is 258 g/mol. The number of aromatic nitrogens is 3. The zero-order valence-electron chi connectivity index (χ0n) is 10.9. The quantitative estimate of drug-likeness (QED) is 0.606. The highest BCUT2D eigenvalue weighted by Crippen LogP contribution is 2.16. The van der Waals surface area contributed by atoms with Crippen LogP contribution in [-0.2, 0) is 6.42 Å². The summed E-state index contributed by atoms with van der Waals surface area (Å²) in [5.41, 5.74) is -0.0315. The minimum absolute atomic E-state index is 0.0138. The predicted molar refractivity (Wildman–Crippen MR) is 77.3 cm³/mol. The molecule has 1 aromatic carbocycles. The fourth-order valence-corrected chi connectivity index (χ4v) is 2.51. The van der Waals surface area contributed by atoms with Gasteiger partial charge >= 0.3 is 0 Å².